The molecule has 4 rings (SSSR count). The molecule has 157 valence electrons. The second-order valence-electron chi connectivity index (χ2n) is 7.63. The van der Waals surface area contributed by atoms with Gasteiger partial charge in [0.1, 0.15) is 17.9 Å². The fourth-order valence-corrected chi connectivity index (χ4v) is 4.04. The molecule has 4 aromatic rings. The first-order chi connectivity index (χ1) is 14.3. The minimum absolute atomic E-state index is 0. The molecule has 1 N–H and O–H groups in total. The molecular formula is C21H20Cl2FN5NaO. The molecule has 0 spiro atoms. The minimum atomic E-state index is -0.810. The molecule has 0 atom stereocenters. The summed E-state index contributed by atoms with van der Waals surface area (Å²) in [4.78, 5) is 12.5. The number of ether oxygens (including phenoxy) is 1. The Morgan fingerprint density at radius 2 is 1.90 bits per heavy atom. The van der Waals surface area contributed by atoms with Gasteiger partial charge in [0.25, 0.3) is 0 Å². The number of nitrogens with one attached hydrogen (secondary N) is 1. The summed E-state index contributed by atoms with van der Waals surface area (Å²) in [5.74, 6) is 0.867. The predicted octanol–water partition coefficient (Wildman–Crippen LogP) is 5.21. The Bertz CT molecular complexity index is 1250. The van der Waals surface area contributed by atoms with Crippen molar-refractivity contribution in [2.75, 3.05) is 13.8 Å². The number of aromatic nitrogens is 5. The Hall–Kier alpha value is -1.64. The normalized spacial score (nSPS) is 11.6. The summed E-state index contributed by atoms with van der Waals surface area (Å²) in [5.41, 5.74) is 2.89. The first kappa shape index (κ1) is 24.0. The van der Waals surface area contributed by atoms with Crippen molar-refractivity contribution in [3.63, 3.8) is 0 Å². The summed E-state index contributed by atoms with van der Waals surface area (Å²) < 4.78 is 20.6. The number of pyridine rings is 1. The number of nitrogens with zero attached hydrogens (tertiary/aromatic N) is 4. The van der Waals surface area contributed by atoms with Crippen molar-refractivity contribution in [2.24, 2.45) is 7.05 Å². The number of hydrogen-bond acceptors (Lipinski definition) is 4. The standard InChI is InChI=1S/C21H20Cl2FN5O.Na/c1-21(2,10-24)18-15(23)17(29(3)28-18)19-25-14-9-13(11-7-5-6-8-12(11)22)26-20(30-4)16(14)27-19;/h5-9H,10H2,1-4H3,(H,25,27);. The molecule has 6 nitrogen and oxygen atoms in total. The van der Waals surface area contributed by atoms with E-state index >= 15 is 0 Å². The van der Waals surface area contributed by atoms with Crippen molar-refractivity contribution in [3.05, 3.63) is 46.1 Å². The molecule has 0 saturated heterocycles. The molecule has 31 heavy (non-hydrogen) atoms. The summed E-state index contributed by atoms with van der Waals surface area (Å²) in [6.07, 6.45) is 0. The topological polar surface area (TPSA) is 68.6 Å². The molecule has 10 heteroatoms. The van der Waals surface area contributed by atoms with E-state index in [1.807, 2.05) is 24.3 Å². The zero-order chi connectivity index (χ0) is 21.6. The molecule has 0 aliphatic carbocycles. The average Bonchev–Trinajstić information content (AvgIpc) is 3.27. The fourth-order valence-electron chi connectivity index (χ4n) is 3.30. The second-order valence-corrected chi connectivity index (χ2v) is 8.41. The van der Waals surface area contributed by atoms with Crippen LogP contribution in [0.15, 0.2) is 30.3 Å². The molecule has 3 aromatic heterocycles. The van der Waals surface area contributed by atoms with Gasteiger partial charge in [0.2, 0.25) is 5.88 Å². The first-order valence-electron chi connectivity index (χ1n) is 9.25. The number of hydrogen-bond donors (Lipinski definition) is 1. The molecule has 0 bridgehead atoms. The van der Waals surface area contributed by atoms with Gasteiger partial charge >= 0.3 is 0 Å². The van der Waals surface area contributed by atoms with Crippen LogP contribution in [0.4, 0.5) is 4.39 Å². The van der Waals surface area contributed by atoms with Gasteiger partial charge in [-0.3, -0.25) is 9.07 Å². The second kappa shape index (κ2) is 9.08. The third-order valence-electron chi connectivity index (χ3n) is 4.97. The molecule has 0 fully saturated rings. The van der Waals surface area contributed by atoms with Gasteiger partial charge in [-0.1, -0.05) is 55.2 Å². The SMILES string of the molecule is COc1nc(-c2ccccc2Cl)cc2nc(-c3c(Cl)c(C(C)(C)CF)nn3C)[nH]c12.[Na]. The van der Waals surface area contributed by atoms with Crippen molar-refractivity contribution in [2.45, 2.75) is 19.3 Å². The molecule has 1 aromatic carbocycles. The first-order valence-corrected chi connectivity index (χ1v) is 10.0. The number of fused-ring (bicyclic) bond motifs is 1. The summed E-state index contributed by atoms with van der Waals surface area (Å²) >= 11 is 12.9. The van der Waals surface area contributed by atoms with Crippen molar-refractivity contribution in [1.82, 2.24) is 24.7 Å². The smallest absolute Gasteiger partial charge is 0.240 e. The van der Waals surface area contributed by atoms with Crippen molar-refractivity contribution >= 4 is 63.8 Å². The van der Waals surface area contributed by atoms with E-state index in [1.54, 1.807) is 31.6 Å². The van der Waals surface area contributed by atoms with E-state index in [2.05, 4.69) is 15.1 Å². The van der Waals surface area contributed by atoms with Gasteiger partial charge in [0, 0.05) is 52.6 Å². The Morgan fingerprint density at radius 3 is 2.55 bits per heavy atom. The molecule has 3 heterocycles. The minimum Gasteiger partial charge on any atom is -0.479 e. The van der Waals surface area contributed by atoms with Gasteiger partial charge in [0.05, 0.1) is 29.0 Å². The number of H-pyrrole nitrogens is 1. The largest absolute Gasteiger partial charge is 0.479 e. The Kier molecular flexibility index (Phi) is 7.03. The van der Waals surface area contributed by atoms with Crippen LogP contribution < -0.4 is 4.74 Å². The molecule has 1 radical (unpaired) electrons. The molecule has 0 aliphatic heterocycles. The molecular weight excluding hydrogens is 451 g/mol. The summed E-state index contributed by atoms with van der Waals surface area (Å²) in [6.45, 7) is 2.93. The number of rotatable bonds is 5. The molecule has 0 unspecified atom stereocenters. The number of methoxy groups -OCH3 is 1. The van der Waals surface area contributed by atoms with E-state index in [9.17, 15) is 4.39 Å². The van der Waals surface area contributed by atoms with Crippen molar-refractivity contribution < 1.29 is 9.13 Å². The number of imidazole rings is 1. The van der Waals surface area contributed by atoms with Gasteiger partial charge in [0.15, 0.2) is 5.82 Å². The van der Waals surface area contributed by atoms with Crippen LogP contribution in [-0.2, 0) is 12.5 Å². The van der Waals surface area contributed by atoms with Gasteiger partial charge in [-0.05, 0) is 12.1 Å². The zero-order valence-electron chi connectivity index (χ0n) is 17.9. The third kappa shape index (κ3) is 4.22. The number of halogens is 3. The average molecular weight is 471 g/mol. The van der Waals surface area contributed by atoms with Crippen LogP contribution in [0.5, 0.6) is 5.88 Å². The molecule has 0 amide bonds. The van der Waals surface area contributed by atoms with E-state index in [0.717, 1.165) is 5.56 Å². The van der Waals surface area contributed by atoms with Crippen LogP contribution >= 0.6 is 23.2 Å². The number of aromatic amines is 1. The van der Waals surface area contributed by atoms with Gasteiger partial charge < -0.3 is 9.72 Å². The van der Waals surface area contributed by atoms with Crippen LogP contribution in [0.3, 0.4) is 0 Å². The summed E-state index contributed by atoms with van der Waals surface area (Å²) in [6, 6.07) is 9.26. The van der Waals surface area contributed by atoms with Crippen LogP contribution in [0.1, 0.15) is 19.5 Å². The van der Waals surface area contributed by atoms with Gasteiger partial charge in [-0.15, -0.1) is 0 Å². The molecule has 0 aliphatic rings. The Morgan fingerprint density at radius 1 is 1.19 bits per heavy atom. The summed E-state index contributed by atoms with van der Waals surface area (Å²) in [7, 11) is 3.29. The van der Waals surface area contributed by atoms with Crippen LogP contribution in [0.25, 0.3) is 33.8 Å². The Balaban J connectivity index is 0.00000272. The number of benzene rings is 1. The maximum atomic E-state index is 13.5. The maximum absolute atomic E-state index is 13.5. The fraction of sp³-hybridized carbons (Fsp3) is 0.286. The van der Waals surface area contributed by atoms with E-state index in [-0.39, 0.29) is 29.6 Å². The van der Waals surface area contributed by atoms with Crippen molar-refractivity contribution in [1.29, 1.82) is 0 Å². The van der Waals surface area contributed by atoms with E-state index in [0.29, 0.717) is 49.9 Å². The maximum Gasteiger partial charge on any atom is 0.240 e. The van der Waals surface area contributed by atoms with Gasteiger partial charge in [-0.25, -0.2) is 9.97 Å². The van der Waals surface area contributed by atoms with Crippen LogP contribution in [-0.4, -0.2) is 68.1 Å². The van der Waals surface area contributed by atoms with Gasteiger partial charge in [-0.2, -0.15) is 5.10 Å². The number of aryl methyl sites for hydroxylation is 1. The predicted molar refractivity (Wildman–Crippen MR) is 123 cm³/mol. The quantitative estimate of drug-likeness (QED) is 0.406. The van der Waals surface area contributed by atoms with E-state index in [4.69, 9.17) is 32.9 Å². The zero-order valence-corrected chi connectivity index (χ0v) is 21.4. The number of alkyl halides is 1. The third-order valence-corrected chi connectivity index (χ3v) is 5.66. The Labute approximate surface area is 211 Å². The summed E-state index contributed by atoms with van der Waals surface area (Å²) in [5, 5.41) is 5.38. The monoisotopic (exact) mass is 470 g/mol. The van der Waals surface area contributed by atoms with E-state index in [1.165, 1.54) is 7.11 Å². The molecule has 0 saturated carbocycles. The van der Waals surface area contributed by atoms with E-state index < -0.39 is 12.1 Å². The van der Waals surface area contributed by atoms with Crippen LogP contribution in [0, 0.1) is 0 Å². The van der Waals surface area contributed by atoms with Crippen molar-refractivity contribution in [3.8, 4) is 28.7 Å². The van der Waals surface area contributed by atoms with Crippen LogP contribution in [0.2, 0.25) is 10.0 Å².